The van der Waals surface area contributed by atoms with E-state index in [0.29, 0.717) is 0 Å². The van der Waals surface area contributed by atoms with Crippen LogP contribution in [0.5, 0.6) is 0 Å². The summed E-state index contributed by atoms with van der Waals surface area (Å²) in [4.78, 5) is 24.9. The molecule has 4 heterocycles. The van der Waals surface area contributed by atoms with E-state index < -0.39 is 0 Å². The van der Waals surface area contributed by atoms with Crippen LogP contribution < -0.4 is 10.5 Å². The van der Waals surface area contributed by atoms with E-state index in [2.05, 4.69) is 20.9 Å². The minimum absolute atomic E-state index is 0.0528. The predicted octanol–water partition coefficient (Wildman–Crippen LogP) is 1.81. The number of aromatic amines is 1. The van der Waals surface area contributed by atoms with Crippen molar-refractivity contribution in [3.8, 4) is 0 Å². The maximum absolute atomic E-state index is 12.4. The second kappa shape index (κ2) is 6.97. The van der Waals surface area contributed by atoms with Crippen LogP contribution in [0.3, 0.4) is 0 Å². The van der Waals surface area contributed by atoms with Gasteiger partial charge < -0.3 is 9.64 Å². The van der Waals surface area contributed by atoms with E-state index in [4.69, 9.17) is 9.72 Å². The van der Waals surface area contributed by atoms with Gasteiger partial charge in [0.25, 0.3) is 5.56 Å². The molecular weight excluding hydrogens is 304 g/mol. The maximum atomic E-state index is 12.4. The highest BCUT2D eigenvalue weighted by molar-refractivity contribution is 5.34. The number of nitrogens with one attached hydrogen (secondary N) is 1. The van der Waals surface area contributed by atoms with Gasteiger partial charge in [-0.15, -0.1) is 0 Å². The third-order valence-corrected chi connectivity index (χ3v) is 5.28. The maximum Gasteiger partial charge on any atom is 0.255 e. The normalized spacial score (nSPS) is 24.5. The van der Waals surface area contributed by atoms with Crippen LogP contribution in [0.1, 0.15) is 43.4 Å². The van der Waals surface area contributed by atoms with Gasteiger partial charge in [-0.05, 0) is 44.6 Å². The van der Waals surface area contributed by atoms with Crippen molar-refractivity contribution in [3.63, 3.8) is 0 Å². The molecule has 130 valence electrons. The first-order chi connectivity index (χ1) is 11.8. The summed E-state index contributed by atoms with van der Waals surface area (Å²) < 4.78 is 5.69. The molecule has 0 radical (unpaired) electrons. The van der Waals surface area contributed by atoms with E-state index in [0.717, 1.165) is 69.2 Å². The van der Waals surface area contributed by atoms with Crippen molar-refractivity contribution in [2.45, 2.75) is 51.2 Å². The summed E-state index contributed by atoms with van der Waals surface area (Å²) in [6, 6.07) is 0. The molecule has 6 heteroatoms. The van der Waals surface area contributed by atoms with Gasteiger partial charge in [-0.3, -0.25) is 14.7 Å². The van der Waals surface area contributed by atoms with E-state index >= 15 is 0 Å². The summed E-state index contributed by atoms with van der Waals surface area (Å²) in [6.45, 7) is 4.56. The molecule has 1 aromatic heterocycles. The molecule has 0 saturated carbocycles. The van der Waals surface area contributed by atoms with Crippen LogP contribution >= 0.6 is 0 Å². The molecule has 0 amide bonds. The van der Waals surface area contributed by atoms with Crippen LogP contribution in [0.15, 0.2) is 17.1 Å². The van der Waals surface area contributed by atoms with E-state index in [1.54, 1.807) is 0 Å². The Morgan fingerprint density at radius 1 is 1.25 bits per heavy atom. The Kier molecular flexibility index (Phi) is 4.56. The highest BCUT2D eigenvalue weighted by atomic mass is 16.5. The first-order valence-corrected chi connectivity index (χ1v) is 9.19. The van der Waals surface area contributed by atoms with Gasteiger partial charge in [0.15, 0.2) is 0 Å². The lowest BCUT2D eigenvalue weighted by molar-refractivity contribution is 0.0731. The van der Waals surface area contributed by atoms with Crippen LogP contribution in [0.25, 0.3) is 0 Å². The third kappa shape index (κ3) is 3.34. The molecule has 1 N–H and O–H groups in total. The number of rotatable bonds is 3. The molecule has 0 aliphatic carbocycles. The van der Waals surface area contributed by atoms with Crippen LogP contribution in [-0.4, -0.2) is 47.2 Å². The van der Waals surface area contributed by atoms with E-state index in [9.17, 15) is 4.79 Å². The lowest BCUT2D eigenvalue weighted by Crippen LogP contribution is -2.41. The average molecular weight is 330 g/mol. The summed E-state index contributed by atoms with van der Waals surface area (Å²) >= 11 is 0. The lowest BCUT2D eigenvalue weighted by Gasteiger charge is -2.32. The largest absolute Gasteiger partial charge is 0.497 e. The van der Waals surface area contributed by atoms with Crippen molar-refractivity contribution in [1.82, 2.24) is 14.9 Å². The smallest absolute Gasteiger partial charge is 0.255 e. The van der Waals surface area contributed by atoms with Crippen molar-refractivity contribution in [3.05, 3.63) is 33.9 Å². The number of anilines is 1. The first kappa shape index (κ1) is 15.7. The minimum atomic E-state index is 0.0528. The third-order valence-electron chi connectivity index (χ3n) is 5.28. The highest BCUT2D eigenvalue weighted by Gasteiger charge is 2.25. The molecular formula is C18H26N4O2. The van der Waals surface area contributed by atoms with Gasteiger partial charge in [0.2, 0.25) is 5.95 Å². The summed E-state index contributed by atoms with van der Waals surface area (Å²) in [5.41, 5.74) is 1.88. The minimum Gasteiger partial charge on any atom is -0.497 e. The van der Waals surface area contributed by atoms with E-state index in [1.807, 2.05) is 6.26 Å². The van der Waals surface area contributed by atoms with Crippen molar-refractivity contribution in [2.24, 2.45) is 0 Å². The molecule has 3 aliphatic heterocycles. The number of hydrogen-bond acceptors (Lipinski definition) is 5. The Morgan fingerprint density at radius 2 is 2.12 bits per heavy atom. The Morgan fingerprint density at radius 3 is 2.92 bits per heavy atom. The predicted molar refractivity (Wildman–Crippen MR) is 93.1 cm³/mol. The standard InChI is InChI=1S/C18H26N4O2/c23-17-15-7-10-21(12-14-6-2-5-11-24-14)13-16(15)19-18(20-17)22-8-3-1-4-9-22/h5,11,14H,1-4,6-10,12-13H2,(H,19,20,23)/t14-/m0/s1. The van der Waals surface area contributed by atoms with Crippen molar-refractivity contribution in [1.29, 1.82) is 0 Å². The average Bonchev–Trinajstić information content (AvgIpc) is 2.63. The molecule has 6 nitrogen and oxygen atoms in total. The molecule has 1 aromatic rings. The number of fused-ring (bicyclic) bond motifs is 1. The summed E-state index contributed by atoms with van der Waals surface area (Å²) in [7, 11) is 0. The van der Waals surface area contributed by atoms with Gasteiger partial charge in [0, 0.05) is 38.3 Å². The number of piperidine rings is 1. The van der Waals surface area contributed by atoms with Crippen molar-refractivity contribution >= 4 is 5.95 Å². The zero-order valence-electron chi connectivity index (χ0n) is 14.2. The molecule has 1 saturated heterocycles. The summed E-state index contributed by atoms with van der Waals surface area (Å²) in [5, 5.41) is 0. The molecule has 1 fully saturated rings. The lowest BCUT2D eigenvalue weighted by atomic mass is 10.0. The molecule has 1 atom stereocenters. The molecule has 0 spiro atoms. The van der Waals surface area contributed by atoms with Crippen LogP contribution in [0.4, 0.5) is 5.95 Å². The Balaban J connectivity index is 1.49. The second-order valence-corrected chi connectivity index (χ2v) is 7.05. The number of nitrogens with zero attached hydrogens (tertiary/aromatic N) is 3. The van der Waals surface area contributed by atoms with Crippen LogP contribution in [0.2, 0.25) is 0 Å². The van der Waals surface area contributed by atoms with Crippen LogP contribution in [0, 0.1) is 0 Å². The van der Waals surface area contributed by atoms with Crippen molar-refractivity contribution in [2.75, 3.05) is 31.1 Å². The fourth-order valence-electron chi connectivity index (χ4n) is 3.90. The highest BCUT2D eigenvalue weighted by Crippen LogP contribution is 2.20. The van der Waals surface area contributed by atoms with E-state index in [-0.39, 0.29) is 11.7 Å². The quantitative estimate of drug-likeness (QED) is 0.916. The fourth-order valence-corrected chi connectivity index (χ4v) is 3.90. The Hall–Kier alpha value is -1.82. The molecule has 24 heavy (non-hydrogen) atoms. The molecule has 3 aliphatic rings. The zero-order chi connectivity index (χ0) is 16.4. The van der Waals surface area contributed by atoms with Gasteiger partial charge in [-0.25, -0.2) is 4.98 Å². The van der Waals surface area contributed by atoms with Gasteiger partial charge in [-0.2, -0.15) is 0 Å². The topological polar surface area (TPSA) is 61.5 Å². The zero-order valence-corrected chi connectivity index (χ0v) is 14.2. The van der Waals surface area contributed by atoms with Crippen molar-refractivity contribution < 1.29 is 4.74 Å². The van der Waals surface area contributed by atoms with E-state index in [1.165, 1.54) is 19.3 Å². The summed E-state index contributed by atoms with van der Waals surface area (Å²) in [6.07, 6.45) is 10.7. The van der Waals surface area contributed by atoms with Crippen LogP contribution in [-0.2, 0) is 17.7 Å². The monoisotopic (exact) mass is 330 g/mol. The Bertz CT molecular complexity index is 663. The molecule has 4 rings (SSSR count). The molecule has 0 unspecified atom stereocenters. The number of allylic oxidation sites excluding steroid dienone is 1. The van der Waals surface area contributed by atoms with Gasteiger partial charge in [0.05, 0.1) is 12.0 Å². The molecule has 0 aromatic carbocycles. The number of hydrogen-bond donors (Lipinski definition) is 1. The molecule has 0 bridgehead atoms. The number of ether oxygens (including phenoxy) is 1. The van der Waals surface area contributed by atoms with Gasteiger partial charge in [0.1, 0.15) is 6.10 Å². The second-order valence-electron chi connectivity index (χ2n) is 7.05. The number of aromatic nitrogens is 2. The number of H-pyrrole nitrogens is 1. The van der Waals surface area contributed by atoms with Gasteiger partial charge in [-0.1, -0.05) is 0 Å². The SMILES string of the molecule is O=c1[nH]c(N2CCCCC2)nc2c1CCN(C[C@@H]1CCC=CO1)C2. The van der Waals surface area contributed by atoms with Gasteiger partial charge >= 0.3 is 0 Å². The fraction of sp³-hybridized carbons (Fsp3) is 0.667. The first-order valence-electron chi connectivity index (χ1n) is 9.19. The Labute approximate surface area is 142 Å². The summed E-state index contributed by atoms with van der Waals surface area (Å²) in [5.74, 6) is 0.761.